The van der Waals surface area contributed by atoms with E-state index in [2.05, 4.69) is 4.98 Å². The van der Waals surface area contributed by atoms with Crippen molar-refractivity contribution in [2.75, 3.05) is 39.1 Å². The van der Waals surface area contributed by atoms with E-state index < -0.39 is 17.5 Å². The van der Waals surface area contributed by atoms with Crippen LogP contribution in [0.25, 0.3) is 21.3 Å². The average molecular weight is 544 g/mol. The number of methoxy groups -OCH3 is 1. The molecule has 3 heterocycles. The molecule has 0 spiro atoms. The van der Waals surface area contributed by atoms with Crippen molar-refractivity contribution >= 4 is 32.3 Å². The molecule has 1 saturated heterocycles. The molecule has 1 aromatic carbocycles. The van der Waals surface area contributed by atoms with Crippen LogP contribution in [-0.4, -0.2) is 49.1 Å². The van der Waals surface area contributed by atoms with Crippen molar-refractivity contribution in [2.45, 2.75) is 33.1 Å². The number of ether oxygens (including phenoxy) is 2. The number of nitriles is 1. The molecular formula is C27H28F3N5O2S. The van der Waals surface area contributed by atoms with Crippen LogP contribution in [0.4, 0.5) is 18.2 Å². The van der Waals surface area contributed by atoms with Crippen LogP contribution >= 0.6 is 11.3 Å². The van der Waals surface area contributed by atoms with Crippen LogP contribution in [0.3, 0.4) is 0 Å². The number of benzene rings is 1. The first-order valence-electron chi connectivity index (χ1n) is 12.2. The van der Waals surface area contributed by atoms with E-state index in [4.69, 9.17) is 20.2 Å². The van der Waals surface area contributed by atoms with E-state index in [1.165, 1.54) is 13.3 Å². The smallest absolute Gasteiger partial charge is 0.210 e. The molecule has 7 nitrogen and oxygen atoms in total. The van der Waals surface area contributed by atoms with Gasteiger partial charge in [-0.3, -0.25) is 4.98 Å². The summed E-state index contributed by atoms with van der Waals surface area (Å²) in [5.74, 6) is -1.88. The molecule has 1 fully saturated rings. The summed E-state index contributed by atoms with van der Waals surface area (Å²) in [7, 11) is 1.52. The third-order valence-electron chi connectivity index (χ3n) is 6.30. The molecule has 2 aromatic heterocycles. The van der Waals surface area contributed by atoms with Crippen LogP contribution in [-0.2, 0) is 9.47 Å². The van der Waals surface area contributed by atoms with Crippen LogP contribution < -0.4 is 5.73 Å². The molecule has 38 heavy (non-hydrogen) atoms. The van der Waals surface area contributed by atoms with Crippen LogP contribution in [0.1, 0.15) is 42.9 Å². The number of pyridine rings is 1. The summed E-state index contributed by atoms with van der Waals surface area (Å²) in [6.45, 7) is 5.81. The summed E-state index contributed by atoms with van der Waals surface area (Å²) >= 11 is 0.808. The van der Waals surface area contributed by atoms with Gasteiger partial charge in [0.1, 0.15) is 34.2 Å². The van der Waals surface area contributed by atoms with Gasteiger partial charge in [-0.25, -0.2) is 13.2 Å². The Morgan fingerprint density at radius 2 is 2.11 bits per heavy atom. The molecule has 1 aliphatic rings. The first kappa shape index (κ1) is 27.4. The third-order valence-corrected chi connectivity index (χ3v) is 7.33. The van der Waals surface area contributed by atoms with Crippen molar-refractivity contribution in [3.8, 4) is 17.3 Å². The minimum Gasteiger partial charge on any atom is -0.481 e. The van der Waals surface area contributed by atoms with Gasteiger partial charge in [0, 0.05) is 48.5 Å². The van der Waals surface area contributed by atoms with E-state index in [1.54, 1.807) is 6.92 Å². The number of nitrogens with zero attached hydrogens (tertiary/aromatic N) is 4. The van der Waals surface area contributed by atoms with Gasteiger partial charge in [-0.1, -0.05) is 13.3 Å². The molecule has 0 radical (unpaired) electrons. The quantitative estimate of drug-likeness (QED) is 0.236. The second kappa shape index (κ2) is 11.8. The monoisotopic (exact) mass is 543 g/mol. The van der Waals surface area contributed by atoms with Crippen LogP contribution in [0.15, 0.2) is 29.2 Å². The zero-order valence-electron chi connectivity index (χ0n) is 21.4. The molecule has 1 aliphatic heterocycles. The number of halogens is 3. The molecule has 0 saturated carbocycles. The molecule has 11 heteroatoms. The Hall–Kier alpha value is -3.62. The van der Waals surface area contributed by atoms with Crippen molar-refractivity contribution in [1.29, 1.82) is 5.26 Å². The van der Waals surface area contributed by atoms with E-state index in [0.29, 0.717) is 49.7 Å². The minimum absolute atomic E-state index is 0.0192. The highest BCUT2D eigenvalue weighted by molar-refractivity contribution is 7.23. The molecule has 0 amide bonds. The fourth-order valence-electron chi connectivity index (χ4n) is 4.35. The number of fused-ring (bicyclic) bond motifs is 1. The Morgan fingerprint density at radius 1 is 1.32 bits per heavy atom. The lowest BCUT2D eigenvalue weighted by atomic mass is 9.99. The maximum atomic E-state index is 16.1. The SMILES string of the molecule is CCC/C=C(/N=C(\c1cnc(-c2c(F)cc(F)c3sc(N)c(C#N)c23)c(F)c1C)N1CCCOCC1)OC. The highest BCUT2D eigenvalue weighted by Crippen LogP contribution is 2.43. The number of allylic oxidation sites excluding steroid dienone is 1. The average Bonchev–Trinajstić information content (AvgIpc) is 3.05. The number of aliphatic imine (C=N–C) groups is 1. The second-order valence-electron chi connectivity index (χ2n) is 8.76. The second-order valence-corrected chi connectivity index (χ2v) is 9.81. The number of hydrogen-bond donors (Lipinski definition) is 1. The van der Waals surface area contributed by atoms with E-state index in [1.807, 2.05) is 24.0 Å². The number of hydrogen-bond acceptors (Lipinski definition) is 7. The van der Waals surface area contributed by atoms with Gasteiger partial charge in [-0.2, -0.15) is 10.3 Å². The first-order chi connectivity index (χ1) is 18.3. The number of anilines is 1. The number of nitrogens with two attached hydrogens (primary N) is 1. The lowest BCUT2D eigenvalue weighted by molar-refractivity contribution is 0.147. The topological polar surface area (TPSA) is 96.8 Å². The van der Waals surface area contributed by atoms with Gasteiger partial charge in [0.25, 0.3) is 0 Å². The van der Waals surface area contributed by atoms with Crippen molar-refractivity contribution in [2.24, 2.45) is 4.99 Å². The first-order valence-corrected chi connectivity index (χ1v) is 13.0. The highest BCUT2D eigenvalue weighted by Gasteiger charge is 2.27. The fraction of sp³-hybridized carbons (Fsp3) is 0.370. The maximum absolute atomic E-state index is 16.1. The molecule has 0 unspecified atom stereocenters. The van der Waals surface area contributed by atoms with Gasteiger partial charge in [-0.05, 0) is 31.4 Å². The summed E-state index contributed by atoms with van der Waals surface area (Å²) in [4.78, 5) is 11.0. The van der Waals surface area contributed by atoms with E-state index >= 15 is 8.78 Å². The van der Waals surface area contributed by atoms with E-state index in [-0.39, 0.29) is 37.5 Å². The van der Waals surface area contributed by atoms with Gasteiger partial charge in [0.05, 0.1) is 24.0 Å². The number of unbranched alkanes of at least 4 members (excludes halogenated alkanes) is 1. The van der Waals surface area contributed by atoms with Gasteiger partial charge >= 0.3 is 0 Å². The predicted octanol–water partition coefficient (Wildman–Crippen LogP) is 5.90. The van der Waals surface area contributed by atoms with Gasteiger partial charge in [0.15, 0.2) is 5.82 Å². The number of aromatic nitrogens is 1. The van der Waals surface area contributed by atoms with Gasteiger partial charge < -0.3 is 20.1 Å². The lowest BCUT2D eigenvalue weighted by Gasteiger charge is -2.25. The summed E-state index contributed by atoms with van der Waals surface area (Å²) in [5.41, 5.74) is 5.71. The number of thiophene rings is 1. The van der Waals surface area contributed by atoms with E-state index in [0.717, 1.165) is 30.6 Å². The Kier molecular flexibility index (Phi) is 8.54. The minimum atomic E-state index is -1.04. The maximum Gasteiger partial charge on any atom is 0.210 e. The van der Waals surface area contributed by atoms with Crippen molar-refractivity contribution in [3.05, 3.63) is 58.4 Å². The highest BCUT2D eigenvalue weighted by atomic mass is 32.1. The predicted molar refractivity (Wildman–Crippen MR) is 142 cm³/mol. The standard InChI is InChI=1S/C27H28F3N5O2S/c1-4-5-7-20(36-3)34-27(35-8-6-10-37-11-9-35)17-14-33-24(23(30)15(17)2)22-18(28)12-19(29)25-21(22)16(13-31)26(32)38-25/h7,12,14H,4-6,8-11,32H2,1-3H3/b20-7-,34-27+. The van der Waals surface area contributed by atoms with Gasteiger partial charge in [-0.15, -0.1) is 11.3 Å². The van der Waals surface area contributed by atoms with Crippen LogP contribution in [0, 0.1) is 35.7 Å². The zero-order chi connectivity index (χ0) is 27.4. The molecule has 0 bridgehead atoms. The summed E-state index contributed by atoms with van der Waals surface area (Å²) in [6, 6.07) is 2.54. The van der Waals surface area contributed by atoms with E-state index in [9.17, 15) is 9.65 Å². The van der Waals surface area contributed by atoms with Gasteiger partial charge in [0.2, 0.25) is 5.88 Å². The van der Waals surface area contributed by atoms with Crippen LogP contribution in [0.5, 0.6) is 0 Å². The third kappa shape index (κ3) is 5.19. The summed E-state index contributed by atoms with van der Waals surface area (Å²) < 4.78 is 56.8. The Bertz CT molecular complexity index is 1450. The summed E-state index contributed by atoms with van der Waals surface area (Å²) in [5, 5.41) is 9.53. The molecule has 200 valence electrons. The fourth-order valence-corrected chi connectivity index (χ4v) is 5.28. The van der Waals surface area contributed by atoms with Crippen molar-refractivity contribution < 1.29 is 22.6 Å². The molecular weight excluding hydrogens is 515 g/mol. The Balaban J connectivity index is 1.93. The largest absolute Gasteiger partial charge is 0.481 e. The summed E-state index contributed by atoms with van der Waals surface area (Å²) in [6.07, 6.45) is 5.67. The van der Waals surface area contributed by atoms with Crippen LogP contribution in [0.2, 0.25) is 0 Å². The Morgan fingerprint density at radius 3 is 2.82 bits per heavy atom. The number of amidine groups is 1. The molecule has 3 aromatic rings. The van der Waals surface area contributed by atoms with Crippen molar-refractivity contribution in [3.63, 3.8) is 0 Å². The number of nitrogen functional groups attached to an aromatic ring is 1. The molecule has 0 aliphatic carbocycles. The normalized spacial score (nSPS) is 15.0. The molecule has 0 atom stereocenters. The molecule has 2 N–H and O–H groups in total. The lowest BCUT2D eigenvalue weighted by Crippen LogP contribution is -2.35. The Labute approximate surface area is 223 Å². The zero-order valence-corrected chi connectivity index (χ0v) is 22.2. The number of rotatable bonds is 6. The molecule has 4 rings (SSSR count). The van der Waals surface area contributed by atoms with Crippen molar-refractivity contribution in [1.82, 2.24) is 9.88 Å².